The number of aromatic hydroxyl groups is 1. The van der Waals surface area contributed by atoms with Crippen molar-refractivity contribution in [3.05, 3.63) is 54.1 Å². The van der Waals surface area contributed by atoms with E-state index < -0.39 is 0 Å². The fourth-order valence-electron chi connectivity index (χ4n) is 2.76. The molecule has 5 nitrogen and oxygen atoms in total. The standard InChI is InChI=1S/C19H20N2O3S/c22-15-7-5-6-14(12-15)20-19(24)16-8-1-2-9-17(16)25-13-18(23)21-10-3-4-11-21/h1-2,5-9,12,22H,3-4,10-11,13H2,(H,20,24). The molecule has 0 saturated carbocycles. The number of carbonyl (C=O) groups excluding carboxylic acids is 2. The number of hydrogen-bond acceptors (Lipinski definition) is 4. The second kappa shape index (κ2) is 8.07. The van der Waals surface area contributed by atoms with Crippen molar-refractivity contribution >= 4 is 29.3 Å². The average molecular weight is 356 g/mol. The predicted molar refractivity (Wildman–Crippen MR) is 99.0 cm³/mol. The van der Waals surface area contributed by atoms with Crippen LogP contribution in [0.5, 0.6) is 5.75 Å². The van der Waals surface area contributed by atoms with E-state index in [0.717, 1.165) is 30.8 Å². The molecule has 2 N–H and O–H groups in total. The number of nitrogens with one attached hydrogen (secondary N) is 1. The van der Waals surface area contributed by atoms with Gasteiger partial charge in [0.1, 0.15) is 5.75 Å². The molecule has 2 aromatic carbocycles. The topological polar surface area (TPSA) is 69.6 Å². The van der Waals surface area contributed by atoms with E-state index in [1.54, 1.807) is 30.3 Å². The zero-order chi connectivity index (χ0) is 17.6. The second-order valence-electron chi connectivity index (χ2n) is 5.88. The van der Waals surface area contributed by atoms with E-state index in [2.05, 4.69) is 5.32 Å². The van der Waals surface area contributed by atoms with E-state index in [4.69, 9.17) is 0 Å². The molecule has 1 aliphatic rings. The summed E-state index contributed by atoms with van der Waals surface area (Å²) in [7, 11) is 0. The maximum atomic E-state index is 12.5. The molecule has 130 valence electrons. The number of rotatable bonds is 5. The highest BCUT2D eigenvalue weighted by molar-refractivity contribution is 8.00. The van der Waals surface area contributed by atoms with E-state index in [1.165, 1.54) is 17.8 Å². The molecule has 0 bridgehead atoms. The number of thioether (sulfide) groups is 1. The second-order valence-corrected chi connectivity index (χ2v) is 6.89. The van der Waals surface area contributed by atoms with Crippen LogP contribution in [0.15, 0.2) is 53.4 Å². The summed E-state index contributed by atoms with van der Waals surface area (Å²) in [6.45, 7) is 1.66. The molecule has 0 unspecified atom stereocenters. The molecular weight excluding hydrogens is 336 g/mol. The maximum absolute atomic E-state index is 12.5. The number of hydrogen-bond donors (Lipinski definition) is 2. The van der Waals surface area contributed by atoms with E-state index >= 15 is 0 Å². The molecule has 25 heavy (non-hydrogen) atoms. The van der Waals surface area contributed by atoms with Crippen molar-refractivity contribution < 1.29 is 14.7 Å². The number of phenols is 1. The Morgan fingerprint density at radius 3 is 2.60 bits per heavy atom. The van der Waals surface area contributed by atoms with Crippen LogP contribution in [0.25, 0.3) is 0 Å². The summed E-state index contributed by atoms with van der Waals surface area (Å²) in [4.78, 5) is 27.4. The molecule has 0 radical (unpaired) electrons. The Bertz CT molecular complexity index is 773. The van der Waals surface area contributed by atoms with Gasteiger partial charge in [-0.3, -0.25) is 9.59 Å². The third-order valence-corrected chi connectivity index (χ3v) is 5.10. The lowest BCUT2D eigenvalue weighted by molar-refractivity contribution is -0.127. The Hall–Kier alpha value is -2.47. The highest BCUT2D eigenvalue weighted by atomic mass is 32.2. The van der Waals surface area contributed by atoms with Gasteiger partial charge in [-0.2, -0.15) is 0 Å². The fourth-order valence-corrected chi connectivity index (χ4v) is 3.71. The number of amides is 2. The van der Waals surface area contributed by atoms with Crippen LogP contribution < -0.4 is 5.32 Å². The minimum Gasteiger partial charge on any atom is -0.508 e. The zero-order valence-electron chi connectivity index (χ0n) is 13.8. The summed E-state index contributed by atoms with van der Waals surface area (Å²) in [5, 5.41) is 12.3. The van der Waals surface area contributed by atoms with Gasteiger partial charge in [-0.25, -0.2) is 0 Å². The van der Waals surface area contributed by atoms with E-state index in [1.807, 2.05) is 17.0 Å². The highest BCUT2D eigenvalue weighted by Crippen LogP contribution is 2.25. The van der Waals surface area contributed by atoms with Gasteiger partial charge in [-0.15, -0.1) is 11.8 Å². The van der Waals surface area contributed by atoms with Crippen LogP contribution in [0.4, 0.5) is 5.69 Å². The monoisotopic (exact) mass is 356 g/mol. The van der Waals surface area contributed by atoms with Crippen molar-refractivity contribution in [1.82, 2.24) is 4.90 Å². The molecule has 0 atom stereocenters. The van der Waals surface area contributed by atoms with Gasteiger partial charge in [0.15, 0.2) is 0 Å². The Kier molecular flexibility index (Phi) is 5.60. The van der Waals surface area contributed by atoms with Gasteiger partial charge in [0.05, 0.1) is 11.3 Å². The van der Waals surface area contributed by atoms with Gasteiger partial charge >= 0.3 is 0 Å². The van der Waals surface area contributed by atoms with Crippen LogP contribution in [0.3, 0.4) is 0 Å². The van der Waals surface area contributed by atoms with Crippen LogP contribution in [-0.4, -0.2) is 40.7 Å². The maximum Gasteiger partial charge on any atom is 0.256 e. The Balaban J connectivity index is 1.67. The molecule has 1 fully saturated rings. The first-order valence-corrected chi connectivity index (χ1v) is 9.22. The lowest BCUT2D eigenvalue weighted by Gasteiger charge is -2.15. The summed E-state index contributed by atoms with van der Waals surface area (Å²) in [5.41, 5.74) is 1.04. The lowest BCUT2D eigenvalue weighted by Crippen LogP contribution is -2.29. The zero-order valence-corrected chi connectivity index (χ0v) is 14.6. The number of likely N-dealkylation sites (tertiary alicyclic amines) is 1. The van der Waals surface area contributed by atoms with E-state index in [-0.39, 0.29) is 17.6 Å². The number of phenolic OH excluding ortho intramolecular Hbond substituents is 1. The summed E-state index contributed by atoms with van der Waals surface area (Å²) in [6, 6.07) is 13.6. The highest BCUT2D eigenvalue weighted by Gasteiger charge is 2.19. The fraction of sp³-hybridized carbons (Fsp3) is 0.263. The van der Waals surface area contributed by atoms with Crippen molar-refractivity contribution in [2.45, 2.75) is 17.7 Å². The van der Waals surface area contributed by atoms with Crippen molar-refractivity contribution in [1.29, 1.82) is 0 Å². The van der Waals surface area contributed by atoms with Gasteiger partial charge in [0.25, 0.3) is 5.91 Å². The minimum atomic E-state index is -0.262. The summed E-state index contributed by atoms with van der Waals surface area (Å²) in [5.74, 6) is 0.279. The smallest absolute Gasteiger partial charge is 0.256 e. The largest absolute Gasteiger partial charge is 0.508 e. The van der Waals surface area contributed by atoms with Crippen LogP contribution in [-0.2, 0) is 4.79 Å². The van der Waals surface area contributed by atoms with Gasteiger partial charge < -0.3 is 15.3 Å². The van der Waals surface area contributed by atoms with Gasteiger partial charge in [-0.05, 0) is 37.1 Å². The molecule has 0 spiro atoms. The summed E-state index contributed by atoms with van der Waals surface area (Å²) >= 11 is 1.38. The van der Waals surface area contributed by atoms with Crippen molar-refractivity contribution in [3.8, 4) is 5.75 Å². The molecule has 3 rings (SSSR count). The van der Waals surface area contributed by atoms with Crippen LogP contribution in [0, 0.1) is 0 Å². The Morgan fingerprint density at radius 1 is 1.08 bits per heavy atom. The average Bonchev–Trinajstić information content (AvgIpc) is 3.14. The number of benzene rings is 2. The lowest BCUT2D eigenvalue weighted by atomic mass is 10.2. The first kappa shape index (κ1) is 17.4. The molecule has 1 heterocycles. The molecule has 6 heteroatoms. The number of carbonyl (C=O) groups is 2. The quantitative estimate of drug-likeness (QED) is 0.806. The van der Waals surface area contributed by atoms with E-state index in [0.29, 0.717) is 17.0 Å². The van der Waals surface area contributed by atoms with Crippen LogP contribution in [0.1, 0.15) is 23.2 Å². The normalized spacial score (nSPS) is 13.7. The SMILES string of the molecule is O=C(Nc1cccc(O)c1)c1ccccc1SCC(=O)N1CCCC1. The molecule has 0 aliphatic carbocycles. The van der Waals surface area contributed by atoms with Gasteiger partial charge in [0.2, 0.25) is 5.91 Å². The summed E-state index contributed by atoms with van der Waals surface area (Å²) < 4.78 is 0. The third-order valence-electron chi connectivity index (χ3n) is 4.05. The molecule has 1 saturated heterocycles. The predicted octanol–water partition coefficient (Wildman–Crippen LogP) is 3.36. The number of anilines is 1. The van der Waals surface area contributed by atoms with E-state index in [9.17, 15) is 14.7 Å². The number of nitrogens with zero attached hydrogens (tertiary/aromatic N) is 1. The molecule has 0 aromatic heterocycles. The van der Waals surface area contributed by atoms with Crippen LogP contribution in [0.2, 0.25) is 0 Å². The molecule has 2 amide bonds. The molecule has 1 aliphatic heterocycles. The minimum absolute atomic E-state index is 0.0941. The van der Waals surface area contributed by atoms with Crippen molar-refractivity contribution in [3.63, 3.8) is 0 Å². The van der Waals surface area contributed by atoms with Gasteiger partial charge in [-0.1, -0.05) is 18.2 Å². The Morgan fingerprint density at radius 2 is 1.84 bits per heavy atom. The van der Waals surface area contributed by atoms with Gasteiger partial charge in [0, 0.05) is 29.7 Å². The molecular formula is C19H20N2O3S. The van der Waals surface area contributed by atoms with Crippen LogP contribution >= 0.6 is 11.8 Å². The first-order chi connectivity index (χ1) is 12.1. The van der Waals surface area contributed by atoms with Crippen molar-refractivity contribution in [2.24, 2.45) is 0 Å². The molecule has 2 aromatic rings. The van der Waals surface area contributed by atoms with Crippen molar-refractivity contribution in [2.75, 3.05) is 24.2 Å². The third kappa shape index (κ3) is 4.54. The summed E-state index contributed by atoms with van der Waals surface area (Å²) in [6.07, 6.45) is 2.14. The Labute approximate surface area is 151 Å². The first-order valence-electron chi connectivity index (χ1n) is 8.23.